The van der Waals surface area contributed by atoms with Gasteiger partial charge in [-0.25, -0.2) is 0 Å². The summed E-state index contributed by atoms with van der Waals surface area (Å²) in [6.07, 6.45) is 2.02. The summed E-state index contributed by atoms with van der Waals surface area (Å²) in [6, 6.07) is 15.4. The van der Waals surface area contributed by atoms with Crippen LogP contribution in [-0.4, -0.2) is 43.0 Å². The van der Waals surface area contributed by atoms with Gasteiger partial charge in [-0.15, -0.1) is 0 Å². The Morgan fingerprint density at radius 1 is 1.10 bits per heavy atom. The van der Waals surface area contributed by atoms with Gasteiger partial charge < -0.3 is 19.7 Å². The summed E-state index contributed by atoms with van der Waals surface area (Å²) in [4.78, 5) is 27.4. The van der Waals surface area contributed by atoms with Gasteiger partial charge in [-0.2, -0.15) is 0 Å². The fraction of sp³-hybridized carbons (Fsp3) is 0.417. The van der Waals surface area contributed by atoms with Crippen LogP contribution in [0, 0.1) is 5.92 Å². The molecule has 0 bridgehead atoms. The number of rotatable bonds is 5. The van der Waals surface area contributed by atoms with E-state index in [9.17, 15) is 9.59 Å². The Morgan fingerprint density at radius 3 is 2.67 bits per heavy atom. The van der Waals surface area contributed by atoms with Crippen molar-refractivity contribution in [3.05, 3.63) is 59.7 Å². The highest BCUT2D eigenvalue weighted by atomic mass is 16.6. The minimum absolute atomic E-state index is 0.00500. The molecule has 2 aliphatic heterocycles. The Labute approximate surface area is 177 Å². The molecule has 2 aliphatic rings. The van der Waals surface area contributed by atoms with Crippen LogP contribution in [0.5, 0.6) is 11.5 Å². The van der Waals surface area contributed by atoms with Gasteiger partial charge >= 0.3 is 0 Å². The first-order chi connectivity index (χ1) is 14.6. The predicted octanol–water partition coefficient (Wildman–Crippen LogP) is 3.12. The molecule has 30 heavy (non-hydrogen) atoms. The van der Waals surface area contributed by atoms with Crippen molar-refractivity contribution >= 4 is 11.8 Å². The molecule has 2 heterocycles. The highest BCUT2D eigenvalue weighted by Gasteiger charge is 2.29. The van der Waals surface area contributed by atoms with Crippen LogP contribution in [0.1, 0.15) is 36.9 Å². The molecule has 0 spiro atoms. The van der Waals surface area contributed by atoms with E-state index in [-0.39, 0.29) is 23.8 Å². The molecule has 2 aromatic rings. The van der Waals surface area contributed by atoms with Gasteiger partial charge in [-0.1, -0.05) is 36.4 Å². The normalized spacial score (nSPS) is 19.1. The van der Waals surface area contributed by atoms with Crippen molar-refractivity contribution in [1.29, 1.82) is 0 Å². The Bertz CT molecular complexity index is 899. The molecule has 158 valence electrons. The molecular formula is C24H28N2O4. The average molecular weight is 408 g/mol. The fourth-order valence-electron chi connectivity index (χ4n) is 4.04. The van der Waals surface area contributed by atoms with Crippen molar-refractivity contribution in [1.82, 2.24) is 10.2 Å². The largest absolute Gasteiger partial charge is 0.486 e. The molecule has 0 radical (unpaired) electrons. The number of benzene rings is 2. The fourth-order valence-corrected chi connectivity index (χ4v) is 4.04. The molecule has 4 rings (SSSR count). The number of amides is 2. The molecule has 0 aromatic heterocycles. The van der Waals surface area contributed by atoms with Crippen molar-refractivity contribution in [3.8, 4) is 11.5 Å². The van der Waals surface area contributed by atoms with E-state index < -0.39 is 0 Å². The summed E-state index contributed by atoms with van der Waals surface area (Å²) in [5.41, 5.74) is 1.97. The predicted molar refractivity (Wildman–Crippen MR) is 113 cm³/mol. The average Bonchev–Trinajstić information content (AvgIpc) is 2.79. The van der Waals surface area contributed by atoms with Gasteiger partial charge in [0, 0.05) is 13.1 Å². The zero-order chi connectivity index (χ0) is 20.9. The number of ether oxygens (including phenoxy) is 2. The molecular weight excluding hydrogens is 380 g/mol. The highest BCUT2D eigenvalue weighted by Crippen LogP contribution is 2.32. The third-order valence-electron chi connectivity index (χ3n) is 5.77. The summed E-state index contributed by atoms with van der Waals surface area (Å²) in [7, 11) is 0. The van der Waals surface area contributed by atoms with E-state index in [1.165, 1.54) is 0 Å². The lowest BCUT2D eigenvalue weighted by Crippen LogP contribution is -2.46. The van der Waals surface area contributed by atoms with Crippen molar-refractivity contribution in [2.24, 2.45) is 5.92 Å². The summed E-state index contributed by atoms with van der Waals surface area (Å²) < 4.78 is 11.2. The number of likely N-dealkylation sites (tertiary alicyclic amines) is 1. The second kappa shape index (κ2) is 9.20. The summed E-state index contributed by atoms with van der Waals surface area (Å²) in [5.74, 6) is 1.35. The molecule has 1 N–H and O–H groups in total. The van der Waals surface area contributed by atoms with Gasteiger partial charge in [0.2, 0.25) is 11.8 Å². The first-order valence-corrected chi connectivity index (χ1v) is 10.6. The van der Waals surface area contributed by atoms with E-state index in [1.54, 1.807) is 0 Å². The first kappa shape index (κ1) is 20.3. The van der Waals surface area contributed by atoms with E-state index >= 15 is 0 Å². The maximum Gasteiger partial charge on any atom is 0.227 e. The van der Waals surface area contributed by atoms with E-state index in [2.05, 4.69) is 5.32 Å². The van der Waals surface area contributed by atoms with Crippen LogP contribution in [-0.2, 0) is 16.0 Å². The zero-order valence-corrected chi connectivity index (χ0v) is 17.3. The standard InChI is InChI=1S/C24H28N2O4/c1-17(19-9-10-21-22(15-19)30-13-12-29-21)25-24(28)20-8-5-11-26(16-20)23(27)14-18-6-3-2-4-7-18/h2-4,6-7,9-10,15,17,20H,5,8,11-14,16H2,1H3,(H,25,28). The van der Waals surface area contributed by atoms with Gasteiger partial charge in [0.15, 0.2) is 11.5 Å². The Morgan fingerprint density at radius 2 is 1.87 bits per heavy atom. The number of carbonyl (C=O) groups excluding carboxylic acids is 2. The Kier molecular flexibility index (Phi) is 6.21. The number of carbonyl (C=O) groups is 2. The smallest absolute Gasteiger partial charge is 0.227 e. The van der Waals surface area contributed by atoms with Gasteiger partial charge in [0.25, 0.3) is 0 Å². The van der Waals surface area contributed by atoms with E-state index in [0.29, 0.717) is 32.7 Å². The van der Waals surface area contributed by atoms with Gasteiger partial charge in [-0.05, 0) is 43.0 Å². The van der Waals surface area contributed by atoms with Crippen LogP contribution in [0.15, 0.2) is 48.5 Å². The lowest BCUT2D eigenvalue weighted by Gasteiger charge is -2.33. The molecule has 6 heteroatoms. The number of fused-ring (bicyclic) bond motifs is 1. The third kappa shape index (κ3) is 4.75. The number of piperidine rings is 1. The molecule has 2 unspecified atom stereocenters. The first-order valence-electron chi connectivity index (χ1n) is 10.6. The number of hydrogen-bond acceptors (Lipinski definition) is 4. The SMILES string of the molecule is CC(NC(=O)C1CCCN(C(=O)Cc2ccccc2)C1)c1ccc2c(c1)OCCO2. The lowest BCUT2D eigenvalue weighted by molar-refractivity contribution is -0.135. The van der Waals surface area contributed by atoms with Crippen LogP contribution < -0.4 is 14.8 Å². The molecule has 2 atom stereocenters. The van der Waals surface area contributed by atoms with E-state index in [0.717, 1.165) is 35.5 Å². The molecule has 2 aromatic carbocycles. The van der Waals surface area contributed by atoms with Crippen LogP contribution >= 0.6 is 0 Å². The summed E-state index contributed by atoms with van der Waals surface area (Å²) in [5, 5.41) is 3.11. The van der Waals surface area contributed by atoms with Crippen molar-refractivity contribution < 1.29 is 19.1 Å². The summed E-state index contributed by atoms with van der Waals surface area (Å²) in [6.45, 7) is 4.24. The molecule has 0 saturated carbocycles. The van der Waals surface area contributed by atoms with Crippen molar-refractivity contribution in [2.75, 3.05) is 26.3 Å². The van der Waals surface area contributed by atoms with Crippen LogP contribution in [0.3, 0.4) is 0 Å². The zero-order valence-electron chi connectivity index (χ0n) is 17.3. The van der Waals surface area contributed by atoms with Gasteiger partial charge in [-0.3, -0.25) is 9.59 Å². The third-order valence-corrected chi connectivity index (χ3v) is 5.77. The highest BCUT2D eigenvalue weighted by molar-refractivity contribution is 5.82. The number of nitrogens with one attached hydrogen (secondary N) is 1. The Balaban J connectivity index is 1.34. The van der Waals surface area contributed by atoms with Gasteiger partial charge in [0.05, 0.1) is 18.4 Å². The maximum atomic E-state index is 12.9. The van der Waals surface area contributed by atoms with Gasteiger partial charge in [0.1, 0.15) is 13.2 Å². The molecule has 1 fully saturated rings. The van der Waals surface area contributed by atoms with E-state index in [4.69, 9.17) is 9.47 Å². The van der Waals surface area contributed by atoms with Crippen molar-refractivity contribution in [3.63, 3.8) is 0 Å². The topological polar surface area (TPSA) is 67.9 Å². The molecule has 6 nitrogen and oxygen atoms in total. The van der Waals surface area contributed by atoms with Crippen LogP contribution in [0.4, 0.5) is 0 Å². The Hall–Kier alpha value is -3.02. The number of nitrogens with zero attached hydrogens (tertiary/aromatic N) is 1. The lowest BCUT2D eigenvalue weighted by atomic mass is 9.95. The number of hydrogen-bond donors (Lipinski definition) is 1. The second-order valence-corrected chi connectivity index (χ2v) is 7.97. The second-order valence-electron chi connectivity index (χ2n) is 7.97. The molecule has 1 saturated heterocycles. The molecule has 0 aliphatic carbocycles. The van der Waals surface area contributed by atoms with Crippen molar-refractivity contribution in [2.45, 2.75) is 32.2 Å². The summed E-state index contributed by atoms with van der Waals surface area (Å²) >= 11 is 0. The van der Waals surface area contributed by atoms with Crippen LogP contribution in [0.25, 0.3) is 0 Å². The quantitative estimate of drug-likeness (QED) is 0.826. The minimum Gasteiger partial charge on any atom is -0.486 e. The minimum atomic E-state index is -0.182. The van der Waals surface area contributed by atoms with E-state index in [1.807, 2.05) is 60.4 Å². The molecule has 2 amide bonds. The monoisotopic (exact) mass is 408 g/mol. The van der Waals surface area contributed by atoms with Crippen LogP contribution in [0.2, 0.25) is 0 Å². The maximum absolute atomic E-state index is 12.9.